The summed E-state index contributed by atoms with van der Waals surface area (Å²) in [6, 6.07) is 8.25. The molecule has 108 valence electrons. The van der Waals surface area contributed by atoms with Crippen molar-refractivity contribution in [1.82, 2.24) is 0 Å². The molecule has 0 spiro atoms. The van der Waals surface area contributed by atoms with Gasteiger partial charge in [0.1, 0.15) is 0 Å². The lowest BCUT2D eigenvalue weighted by atomic mass is 10.2. The quantitative estimate of drug-likeness (QED) is 0.597. The number of benzene rings is 1. The number of unbranched alkanes of at least 4 members (excludes halogenated alkanes) is 2. The Morgan fingerprint density at radius 2 is 1.95 bits per heavy atom. The molecule has 1 aliphatic rings. The first kappa shape index (κ1) is 15.0. The molecule has 1 aromatic rings. The number of hydrogen-bond donors (Lipinski definition) is 0. The molecule has 1 aromatic carbocycles. The van der Waals surface area contributed by atoms with Gasteiger partial charge in [-0.15, -0.1) is 0 Å². The van der Waals surface area contributed by atoms with Crippen molar-refractivity contribution < 1.29 is 13.2 Å². The van der Waals surface area contributed by atoms with Gasteiger partial charge in [-0.1, -0.05) is 44.0 Å². The van der Waals surface area contributed by atoms with Gasteiger partial charge in [0, 0.05) is 6.42 Å². The van der Waals surface area contributed by atoms with Gasteiger partial charge < -0.3 is 0 Å². The van der Waals surface area contributed by atoms with E-state index in [1.165, 1.54) is 6.92 Å². The number of allylic oxidation sites excluding steroid dienone is 1. The summed E-state index contributed by atoms with van der Waals surface area (Å²) >= 11 is 0. The topological polar surface area (TPSA) is 51.2 Å². The predicted molar refractivity (Wildman–Crippen MR) is 79.3 cm³/mol. The van der Waals surface area contributed by atoms with Gasteiger partial charge in [0.2, 0.25) is 0 Å². The monoisotopic (exact) mass is 292 g/mol. The fourth-order valence-electron chi connectivity index (χ4n) is 2.55. The van der Waals surface area contributed by atoms with Crippen LogP contribution >= 0.6 is 0 Å². The maximum absolute atomic E-state index is 12.7. The summed E-state index contributed by atoms with van der Waals surface area (Å²) in [7, 11) is -3.63. The van der Waals surface area contributed by atoms with Crippen LogP contribution in [0.25, 0.3) is 0 Å². The van der Waals surface area contributed by atoms with Crippen LogP contribution in [0.5, 0.6) is 0 Å². The van der Waals surface area contributed by atoms with Crippen LogP contribution in [0.1, 0.15) is 39.5 Å². The third kappa shape index (κ3) is 2.33. The minimum absolute atomic E-state index is 0.231. The van der Waals surface area contributed by atoms with E-state index >= 15 is 0 Å². The van der Waals surface area contributed by atoms with E-state index in [9.17, 15) is 13.2 Å². The SMILES string of the molecule is CCCC/C=C1\CC1(C(C)=O)S(=O)(=O)c1ccccc1. The van der Waals surface area contributed by atoms with E-state index in [1.54, 1.807) is 30.3 Å². The summed E-state index contributed by atoms with van der Waals surface area (Å²) in [5.74, 6) is -0.274. The van der Waals surface area contributed by atoms with Crippen molar-refractivity contribution in [3.05, 3.63) is 42.0 Å². The molecule has 0 heterocycles. The summed E-state index contributed by atoms with van der Waals surface area (Å²) < 4.78 is 24.2. The highest BCUT2D eigenvalue weighted by Gasteiger charge is 2.63. The van der Waals surface area contributed by atoms with Crippen molar-refractivity contribution in [2.75, 3.05) is 0 Å². The largest absolute Gasteiger partial charge is 0.298 e. The van der Waals surface area contributed by atoms with Gasteiger partial charge in [0.05, 0.1) is 4.90 Å². The molecule has 1 fully saturated rings. The second kappa shape index (κ2) is 5.52. The minimum Gasteiger partial charge on any atom is -0.298 e. The number of carbonyl (C=O) groups is 1. The molecule has 1 aliphatic carbocycles. The zero-order valence-corrected chi connectivity index (χ0v) is 12.7. The fourth-order valence-corrected chi connectivity index (χ4v) is 4.62. The van der Waals surface area contributed by atoms with Crippen molar-refractivity contribution in [2.45, 2.75) is 49.2 Å². The van der Waals surface area contributed by atoms with Crippen LogP contribution in [0.15, 0.2) is 46.9 Å². The van der Waals surface area contributed by atoms with Gasteiger partial charge in [-0.3, -0.25) is 4.79 Å². The molecule has 0 saturated heterocycles. The zero-order chi connectivity index (χ0) is 14.8. The highest BCUT2D eigenvalue weighted by molar-refractivity contribution is 7.94. The normalized spacial score (nSPS) is 23.8. The minimum atomic E-state index is -3.63. The summed E-state index contributed by atoms with van der Waals surface area (Å²) in [5.41, 5.74) is 0.766. The number of hydrogen-bond acceptors (Lipinski definition) is 3. The molecule has 2 rings (SSSR count). The molecule has 3 nitrogen and oxygen atoms in total. The van der Waals surface area contributed by atoms with Crippen LogP contribution in [-0.4, -0.2) is 18.9 Å². The summed E-state index contributed by atoms with van der Waals surface area (Å²) in [6.07, 6.45) is 5.20. The number of sulfone groups is 1. The highest BCUT2D eigenvalue weighted by atomic mass is 32.2. The van der Waals surface area contributed by atoms with E-state index in [0.29, 0.717) is 6.42 Å². The summed E-state index contributed by atoms with van der Waals surface area (Å²) in [6.45, 7) is 3.46. The van der Waals surface area contributed by atoms with E-state index in [4.69, 9.17) is 0 Å². The van der Waals surface area contributed by atoms with Gasteiger partial charge in [0.15, 0.2) is 20.4 Å². The fraction of sp³-hybridized carbons (Fsp3) is 0.438. The Kier molecular flexibility index (Phi) is 4.14. The molecule has 1 atom stereocenters. The predicted octanol–water partition coefficient (Wildman–Crippen LogP) is 3.31. The third-order valence-electron chi connectivity index (χ3n) is 3.86. The molecule has 0 aromatic heterocycles. The Morgan fingerprint density at radius 1 is 1.30 bits per heavy atom. The molecule has 0 radical (unpaired) electrons. The van der Waals surface area contributed by atoms with Gasteiger partial charge in [-0.25, -0.2) is 8.42 Å². The first-order chi connectivity index (χ1) is 9.46. The molecule has 0 amide bonds. The standard InChI is InChI=1S/C16H20O3S/c1-3-4-6-9-14-12-16(14,13(2)17)20(18,19)15-10-7-5-8-11-15/h5,7-11H,3-4,6,12H2,1-2H3/b14-9+. The van der Waals surface area contributed by atoms with Crippen LogP contribution in [0.2, 0.25) is 0 Å². The molecule has 0 bridgehead atoms. The molecule has 1 unspecified atom stereocenters. The lowest BCUT2D eigenvalue weighted by Gasteiger charge is -2.13. The van der Waals surface area contributed by atoms with E-state index in [-0.39, 0.29) is 10.7 Å². The maximum Gasteiger partial charge on any atom is 0.195 e. The lowest BCUT2D eigenvalue weighted by molar-refractivity contribution is -0.117. The van der Waals surface area contributed by atoms with Crippen molar-refractivity contribution in [3.8, 4) is 0 Å². The molecular weight excluding hydrogens is 272 g/mol. The Bertz CT molecular complexity index is 629. The summed E-state index contributed by atoms with van der Waals surface area (Å²) in [4.78, 5) is 12.2. The van der Waals surface area contributed by atoms with Crippen molar-refractivity contribution in [3.63, 3.8) is 0 Å². The average Bonchev–Trinajstić information content (AvgIpc) is 3.16. The van der Waals surface area contributed by atoms with Crippen molar-refractivity contribution in [2.24, 2.45) is 0 Å². The van der Waals surface area contributed by atoms with Gasteiger partial charge >= 0.3 is 0 Å². The van der Waals surface area contributed by atoms with Crippen LogP contribution in [0, 0.1) is 0 Å². The smallest absolute Gasteiger partial charge is 0.195 e. The van der Waals surface area contributed by atoms with Crippen molar-refractivity contribution in [1.29, 1.82) is 0 Å². The molecule has 0 aliphatic heterocycles. The van der Waals surface area contributed by atoms with E-state index in [2.05, 4.69) is 6.92 Å². The third-order valence-corrected chi connectivity index (χ3v) is 6.37. The van der Waals surface area contributed by atoms with Crippen LogP contribution in [0.4, 0.5) is 0 Å². The summed E-state index contributed by atoms with van der Waals surface area (Å²) in [5, 5.41) is 0. The van der Waals surface area contributed by atoms with E-state index < -0.39 is 14.6 Å². The Hall–Kier alpha value is -1.42. The number of ketones is 1. The highest BCUT2D eigenvalue weighted by Crippen LogP contribution is 2.53. The van der Waals surface area contributed by atoms with Gasteiger partial charge in [-0.05, 0) is 31.1 Å². The van der Waals surface area contributed by atoms with Crippen LogP contribution in [-0.2, 0) is 14.6 Å². The zero-order valence-electron chi connectivity index (χ0n) is 11.9. The van der Waals surface area contributed by atoms with Gasteiger partial charge in [-0.2, -0.15) is 0 Å². The molecule has 4 heteroatoms. The van der Waals surface area contributed by atoms with Gasteiger partial charge in [0.25, 0.3) is 0 Å². The molecule has 1 saturated carbocycles. The number of Topliss-reactive ketones (excluding diaryl/α,β-unsaturated/α-hetero) is 1. The Labute approximate surface area is 120 Å². The molecular formula is C16H20O3S. The van der Waals surface area contributed by atoms with Crippen LogP contribution in [0.3, 0.4) is 0 Å². The average molecular weight is 292 g/mol. The number of rotatable bonds is 6. The second-order valence-corrected chi connectivity index (χ2v) is 7.42. The maximum atomic E-state index is 12.7. The first-order valence-corrected chi connectivity index (χ1v) is 8.45. The molecule has 0 N–H and O–H groups in total. The number of carbonyl (C=O) groups excluding carboxylic acids is 1. The van der Waals surface area contributed by atoms with Crippen LogP contribution < -0.4 is 0 Å². The Balaban J connectivity index is 2.38. The lowest BCUT2D eigenvalue weighted by Crippen LogP contribution is -2.31. The second-order valence-electron chi connectivity index (χ2n) is 5.25. The first-order valence-electron chi connectivity index (χ1n) is 6.97. The van der Waals surface area contributed by atoms with E-state index in [1.807, 2.05) is 6.08 Å². The molecule has 20 heavy (non-hydrogen) atoms. The van der Waals surface area contributed by atoms with E-state index in [0.717, 1.165) is 24.8 Å². The van der Waals surface area contributed by atoms with Crippen molar-refractivity contribution >= 4 is 15.6 Å². The Morgan fingerprint density at radius 3 is 2.50 bits per heavy atom.